The van der Waals surface area contributed by atoms with Crippen LogP contribution < -0.4 is 0 Å². The van der Waals surface area contributed by atoms with Crippen LogP contribution >= 0.6 is 33.9 Å². The summed E-state index contributed by atoms with van der Waals surface area (Å²) in [4.78, 5) is 5.72. The lowest BCUT2D eigenvalue weighted by Gasteiger charge is -1.89. The quantitative estimate of drug-likeness (QED) is 0.394. The van der Waals surface area contributed by atoms with Gasteiger partial charge in [0.25, 0.3) is 0 Å². The van der Waals surface area contributed by atoms with Gasteiger partial charge in [0.2, 0.25) is 5.89 Å². The van der Waals surface area contributed by atoms with Gasteiger partial charge in [0.15, 0.2) is 5.58 Å². The molecule has 0 aliphatic carbocycles. The Labute approximate surface area is 133 Å². The lowest BCUT2D eigenvalue weighted by atomic mass is 10.2. The van der Waals surface area contributed by atoms with E-state index in [0.717, 1.165) is 19.5 Å². The smallest absolute Gasteiger partial charge is 0.237 e. The third-order valence-electron chi connectivity index (χ3n) is 3.26. The van der Waals surface area contributed by atoms with Crippen LogP contribution in [-0.4, -0.2) is 4.98 Å². The molecule has 4 aromatic rings. The highest BCUT2D eigenvalue weighted by atomic mass is 127. The molecule has 2 aromatic heterocycles. The molecular weight excluding hydrogens is 381 g/mol. The topological polar surface area (TPSA) is 26.0 Å². The first-order chi connectivity index (χ1) is 9.70. The summed E-state index contributed by atoms with van der Waals surface area (Å²) in [6.45, 7) is 2.11. The first-order valence-electron chi connectivity index (χ1n) is 6.26. The Balaban J connectivity index is 1.94. The maximum atomic E-state index is 5.89. The van der Waals surface area contributed by atoms with Gasteiger partial charge < -0.3 is 4.42 Å². The molecule has 0 unspecified atom stereocenters. The highest BCUT2D eigenvalue weighted by Crippen LogP contribution is 2.35. The van der Waals surface area contributed by atoms with E-state index >= 15 is 0 Å². The molecule has 20 heavy (non-hydrogen) atoms. The third kappa shape index (κ3) is 1.94. The summed E-state index contributed by atoms with van der Waals surface area (Å²) in [6.07, 6.45) is 0. The lowest BCUT2D eigenvalue weighted by Crippen LogP contribution is -1.74. The summed E-state index contributed by atoms with van der Waals surface area (Å²) >= 11 is 4.02. The molecule has 0 amide bonds. The first kappa shape index (κ1) is 12.3. The minimum atomic E-state index is 0.711. The average molecular weight is 391 g/mol. The van der Waals surface area contributed by atoms with Crippen molar-refractivity contribution in [3.8, 4) is 10.8 Å². The van der Waals surface area contributed by atoms with Crippen molar-refractivity contribution in [2.24, 2.45) is 0 Å². The Morgan fingerprint density at radius 3 is 2.90 bits per heavy atom. The van der Waals surface area contributed by atoms with Gasteiger partial charge in [-0.15, -0.1) is 11.3 Å². The van der Waals surface area contributed by atoms with E-state index in [1.165, 1.54) is 15.6 Å². The second kappa shape index (κ2) is 4.56. The zero-order valence-corrected chi connectivity index (χ0v) is 13.7. The summed E-state index contributed by atoms with van der Waals surface area (Å²) in [6, 6.07) is 14.6. The standard InChI is InChI=1S/C16H10INOS/c1-9-5-6-10-8-14(20-13(10)7-9)16-18-15-11(17)3-2-4-12(15)19-16/h2-8H,1H3. The molecule has 0 saturated carbocycles. The van der Waals surface area contributed by atoms with Gasteiger partial charge in [-0.2, -0.15) is 0 Å². The Morgan fingerprint density at radius 2 is 2.05 bits per heavy atom. The lowest BCUT2D eigenvalue weighted by molar-refractivity contribution is 0.621. The molecule has 0 radical (unpaired) electrons. The summed E-state index contributed by atoms with van der Waals surface area (Å²) < 4.78 is 8.28. The van der Waals surface area contributed by atoms with E-state index in [-0.39, 0.29) is 0 Å². The van der Waals surface area contributed by atoms with Crippen molar-refractivity contribution >= 4 is 55.1 Å². The van der Waals surface area contributed by atoms with Crippen LogP contribution in [-0.2, 0) is 0 Å². The summed E-state index contributed by atoms with van der Waals surface area (Å²) in [5, 5.41) is 1.24. The number of nitrogens with zero attached hydrogens (tertiary/aromatic N) is 1. The van der Waals surface area contributed by atoms with Crippen molar-refractivity contribution in [2.45, 2.75) is 6.92 Å². The Kier molecular flexibility index (Phi) is 2.82. The van der Waals surface area contributed by atoms with Crippen LogP contribution in [0.2, 0.25) is 0 Å². The monoisotopic (exact) mass is 391 g/mol. The second-order valence-corrected chi connectivity index (χ2v) is 7.00. The SMILES string of the molecule is Cc1ccc2cc(-c3nc4c(I)cccc4o3)sc2c1. The molecule has 0 N–H and O–H groups in total. The molecule has 2 heterocycles. The van der Waals surface area contributed by atoms with E-state index in [0.29, 0.717) is 5.89 Å². The maximum Gasteiger partial charge on any atom is 0.237 e. The van der Waals surface area contributed by atoms with Gasteiger partial charge in [0.1, 0.15) is 5.52 Å². The van der Waals surface area contributed by atoms with Crippen LogP contribution in [0.1, 0.15) is 5.56 Å². The molecule has 0 saturated heterocycles. The van der Waals surface area contributed by atoms with E-state index in [1.807, 2.05) is 18.2 Å². The van der Waals surface area contributed by atoms with Gasteiger partial charge in [-0.1, -0.05) is 18.2 Å². The number of para-hydroxylation sites is 1. The summed E-state index contributed by atoms with van der Waals surface area (Å²) in [5.74, 6) is 0.711. The number of aryl methyl sites for hydroxylation is 1. The number of benzene rings is 2. The number of thiophene rings is 1. The van der Waals surface area contributed by atoms with Crippen molar-refractivity contribution in [3.63, 3.8) is 0 Å². The number of hydrogen-bond donors (Lipinski definition) is 0. The Hall–Kier alpha value is -1.40. The van der Waals surface area contributed by atoms with Crippen LogP contribution in [0.4, 0.5) is 0 Å². The van der Waals surface area contributed by atoms with Crippen molar-refractivity contribution in [1.82, 2.24) is 4.98 Å². The zero-order chi connectivity index (χ0) is 13.7. The van der Waals surface area contributed by atoms with Gasteiger partial charge in [0, 0.05) is 8.27 Å². The van der Waals surface area contributed by atoms with Crippen LogP contribution in [0.25, 0.3) is 32.0 Å². The first-order valence-corrected chi connectivity index (χ1v) is 8.16. The predicted molar refractivity (Wildman–Crippen MR) is 92.3 cm³/mol. The van der Waals surface area contributed by atoms with Gasteiger partial charge >= 0.3 is 0 Å². The number of oxazole rings is 1. The molecule has 4 heteroatoms. The predicted octanol–water partition coefficient (Wildman–Crippen LogP) is 5.62. The van der Waals surface area contributed by atoms with Crippen LogP contribution in [0.3, 0.4) is 0 Å². The number of fused-ring (bicyclic) bond motifs is 2. The molecule has 0 aliphatic heterocycles. The number of hydrogen-bond acceptors (Lipinski definition) is 3. The van der Waals surface area contributed by atoms with Crippen molar-refractivity contribution in [3.05, 3.63) is 51.6 Å². The van der Waals surface area contributed by atoms with Crippen molar-refractivity contribution < 1.29 is 4.42 Å². The minimum Gasteiger partial charge on any atom is -0.435 e. The fourth-order valence-corrected chi connectivity index (χ4v) is 3.95. The van der Waals surface area contributed by atoms with Gasteiger partial charge in [-0.3, -0.25) is 0 Å². The molecule has 0 bridgehead atoms. The molecule has 0 spiro atoms. The molecule has 2 aromatic carbocycles. The summed E-state index contributed by atoms with van der Waals surface area (Å²) in [5.41, 5.74) is 3.07. The van der Waals surface area contributed by atoms with Gasteiger partial charge in [-0.25, -0.2) is 4.98 Å². The molecule has 0 aliphatic rings. The van der Waals surface area contributed by atoms with E-state index in [2.05, 4.69) is 58.8 Å². The molecule has 0 atom stereocenters. The number of halogens is 1. The van der Waals surface area contributed by atoms with E-state index in [1.54, 1.807) is 11.3 Å². The Bertz CT molecular complexity index is 938. The van der Waals surface area contributed by atoms with E-state index < -0.39 is 0 Å². The fourth-order valence-electron chi connectivity index (χ4n) is 2.26. The van der Waals surface area contributed by atoms with Crippen LogP contribution in [0.5, 0.6) is 0 Å². The number of rotatable bonds is 1. The highest BCUT2D eigenvalue weighted by Gasteiger charge is 2.13. The maximum absolute atomic E-state index is 5.89. The van der Waals surface area contributed by atoms with E-state index in [4.69, 9.17) is 4.42 Å². The van der Waals surface area contributed by atoms with Gasteiger partial charge in [-0.05, 0) is 64.7 Å². The fraction of sp³-hybridized carbons (Fsp3) is 0.0625. The summed E-state index contributed by atoms with van der Waals surface area (Å²) in [7, 11) is 0. The van der Waals surface area contributed by atoms with Crippen LogP contribution in [0, 0.1) is 10.5 Å². The molecule has 0 fully saturated rings. The van der Waals surface area contributed by atoms with Crippen LogP contribution in [0.15, 0.2) is 46.9 Å². The average Bonchev–Trinajstić information content (AvgIpc) is 3.01. The normalized spacial score (nSPS) is 11.5. The molecule has 4 rings (SSSR count). The minimum absolute atomic E-state index is 0.711. The third-order valence-corrected chi connectivity index (χ3v) is 5.21. The van der Waals surface area contributed by atoms with Crippen molar-refractivity contribution in [1.29, 1.82) is 0 Å². The highest BCUT2D eigenvalue weighted by molar-refractivity contribution is 14.1. The Morgan fingerprint density at radius 1 is 1.15 bits per heavy atom. The van der Waals surface area contributed by atoms with Crippen molar-refractivity contribution in [2.75, 3.05) is 0 Å². The van der Waals surface area contributed by atoms with E-state index in [9.17, 15) is 0 Å². The van der Waals surface area contributed by atoms with Gasteiger partial charge in [0.05, 0.1) is 4.88 Å². The number of aromatic nitrogens is 1. The second-order valence-electron chi connectivity index (χ2n) is 4.76. The molecule has 2 nitrogen and oxygen atoms in total. The molecular formula is C16H10INOS. The zero-order valence-electron chi connectivity index (χ0n) is 10.7. The molecule has 98 valence electrons. The largest absolute Gasteiger partial charge is 0.435 e.